The number of hydrogen-bond acceptors (Lipinski definition) is 2. The number of esters is 1. The molecule has 0 radical (unpaired) electrons. The normalized spacial score (nSPS) is 65.1. The maximum Gasteiger partial charge on any atom is 0.313 e. The van der Waals surface area contributed by atoms with Crippen LogP contribution in [0.15, 0.2) is 24.3 Å². The standard InChI is InChI=1S/C24H34O2/c1-12-9-10-24-18-13(2)14(3)21(7)11-23(18,16(5)15(21)4)17(6)19(24)22(12,8)20(25)26-24/h9-10,12-14,16-19H,4,11H2,1-3,5-8H3/t12?,13?,14?,16-,17+,18?,19?,21+,22-,23+,24-/m1/s1. The molecule has 2 heteroatoms. The van der Waals surface area contributed by atoms with Crippen LogP contribution in [0.3, 0.4) is 0 Å². The fourth-order valence-corrected chi connectivity index (χ4v) is 9.19. The molecule has 4 fully saturated rings. The van der Waals surface area contributed by atoms with Gasteiger partial charge in [-0.3, -0.25) is 4.79 Å². The van der Waals surface area contributed by atoms with E-state index in [2.05, 4.69) is 67.2 Å². The number of rotatable bonds is 0. The van der Waals surface area contributed by atoms with E-state index in [-0.39, 0.29) is 34.1 Å². The molecule has 26 heavy (non-hydrogen) atoms. The van der Waals surface area contributed by atoms with Gasteiger partial charge < -0.3 is 4.74 Å². The first-order valence-electron chi connectivity index (χ1n) is 10.6. The maximum atomic E-state index is 13.1. The third kappa shape index (κ3) is 1.31. The number of fused-ring (bicyclic) bond motifs is 1. The summed E-state index contributed by atoms with van der Waals surface area (Å²) < 4.78 is 6.44. The largest absolute Gasteiger partial charge is 0.454 e. The van der Waals surface area contributed by atoms with Crippen molar-refractivity contribution in [3.05, 3.63) is 24.3 Å². The van der Waals surface area contributed by atoms with Crippen LogP contribution in [0, 0.1) is 57.7 Å². The Morgan fingerprint density at radius 3 is 2.38 bits per heavy atom. The summed E-state index contributed by atoms with van der Waals surface area (Å²) in [4.78, 5) is 13.1. The molecule has 3 saturated carbocycles. The van der Waals surface area contributed by atoms with Crippen molar-refractivity contribution in [3.8, 4) is 0 Å². The first-order valence-corrected chi connectivity index (χ1v) is 10.6. The SMILES string of the molecule is C=C1[C@@H](C)[C@]23C[C@@]1(C)C(C)C(C)C2[C@@]12C=CC(C)[C@@](C)(C(=O)O1)C2[C@@H]3C. The lowest BCUT2D eigenvalue weighted by Crippen LogP contribution is -2.52. The van der Waals surface area contributed by atoms with Crippen LogP contribution < -0.4 is 0 Å². The number of allylic oxidation sites excluding steroid dienone is 2. The zero-order valence-corrected chi connectivity index (χ0v) is 17.4. The summed E-state index contributed by atoms with van der Waals surface area (Å²) in [6.07, 6.45) is 5.82. The molecule has 4 bridgehead atoms. The minimum Gasteiger partial charge on any atom is -0.454 e. The monoisotopic (exact) mass is 354 g/mol. The molecule has 0 aromatic rings. The minimum absolute atomic E-state index is 0.0411. The zero-order valence-electron chi connectivity index (χ0n) is 17.4. The Hall–Kier alpha value is -1.05. The zero-order chi connectivity index (χ0) is 19.0. The van der Waals surface area contributed by atoms with E-state index in [1.807, 2.05) is 0 Å². The highest BCUT2D eigenvalue weighted by molar-refractivity contribution is 5.83. The molecule has 5 unspecified atom stereocenters. The first kappa shape index (κ1) is 17.1. The van der Waals surface area contributed by atoms with Crippen LogP contribution in [0.4, 0.5) is 0 Å². The average Bonchev–Trinajstić information content (AvgIpc) is 3.00. The molecule has 0 aromatic heterocycles. The van der Waals surface area contributed by atoms with Crippen LogP contribution in [0.1, 0.15) is 54.9 Å². The van der Waals surface area contributed by atoms with Crippen LogP contribution in [-0.4, -0.2) is 11.6 Å². The van der Waals surface area contributed by atoms with Crippen molar-refractivity contribution < 1.29 is 9.53 Å². The van der Waals surface area contributed by atoms with E-state index in [1.165, 1.54) is 12.0 Å². The lowest BCUT2D eigenvalue weighted by Gasteiger charge is -2.53. The van der Waals surface area contributed by atoms with E-state index < -0.39 is 5.60 Å². The lowest BCUT2D eigenvalue weighted by molar-refractivity contribution is -0.163. The topological polar surface area (TPSA) is 26.3 Å². The number of ether oxygens (including phenoxy) is 1. The van der Waals surface area contributed by atoms with Gasteiger partial charge in [-0.25, -0.2) is 0 Å². The summed E-state index contributed by atoms with van der Waals surface area (Å²) in [5.41, 5.74) is 1.09. The van der Waals surface area contributed by atoms with E-state index in [9.17, 15) is 4.79 Å². The van der Waals surface area contributed by atoms with Crippen molar-refractivity contribution in [2.24, 2.45) is 57.7 Å². The van der Waals surface area contributed by atoms with Gasteiger partial charge in [0.15, 0.2) is 0 Å². The highest BCUT2D eigenvalue weighted by Crippen LogP contribution is 2.82. The quantitative estimate of drug-likeness (QED) is 0.439. The van der Waals surface area contributed by atoms with Gasteiger partial charge in [-0.1, -0.05) is 59.8 Å². The lowest BCUT2D eigenvalue weighted by atomic mass is 9.52. The Morgan fingerprint density at radius 2 is 1.73 bits per heavy atom. The van der Waals surface area contributed by atoms with Crippen molar-refractivity contribution in [2.45, 2.75) is 60.5 Å². The molecule has 1 heterocycles. The van der Waals surface area contributed by atoms with Gasteiger partial charge in [0.05, 0.1) is 5.41 Å². The van der Waals surface area contributed by atoms with Gasteiger partial charge in [-0.05, 0) is 59.8 Å². The van der Waals surface area contributed by atoms with Crippen LogP contribution in [-0.2, 0) is 9.53 Å². The second kappa shape index (κ2) is 4.33. The van der Waals surface area contributed by atoms with Gasteiger partial charge >= 0.3 is 5.97 Å². The number of carbonyl (C=O) groups excluding carboxylic acids is 1. The summed E-state index contributed by atoms with van der Waals surface area (Å²) in [5.74, 6) is 3.03. The van der Waals surface area contributed by atoms with Crippen LogP contribution in [0.2, 0.25) is 0 Å². The fourth-order valence-electron chi connectivity index (χ4n) is 9.19. The molecule has 2 nitrogen and oxygen atoms in total. The van der Waals surface area contributed by atoms with Crippen LogP contribution in [0.25, 0.3) is 0 Å². The Labute approximate surface area is 158 Å². The Kier molecular flexibility index (Phi) is 2.85. The number of hydrogen-bond donors (Lipinski definition) is 0. The molecule has 1 aliphatic heterocycles. The first-order chi connectivity index (χ1) is 12.0. The van der Waals surface area contributed by atoms with E-state index in [1.54, 1.807) is 0 Å². The third-order valence-corrected chi connectivity index (χ3v) is 10.9. The smallest absolute Gasteiger partial charge is 0.313 e. The molecule has 11 atom stereocenters. The van der Waals surface area contributed by atoms with Crippen LogP contribution >= 0.6 is 0 Å². The third-order valence-electron chi connectivity index (χ3n) is 10.9. The van der Waals surface area contributed by atoms with E-state index in [0.717, 1.165) is 0 Å². The molecule has 5 aliphatic rings. The van der Waals surface area contributed by atoms with Crippen molar-refractivity contribution in [2.75, 3.05) is 0 Å². The van der Waals surface area contributed by atoms with Crippen molar-refractivity contribution >= 4 is 5.97 Å². The van der Waals surface area contributed by atoms with Gasteiger partial charge in [0.25, 0.3) is 0 Å². The van der Waals surface area contributed by atoms with Gasteiger partial charge in [0.2, 0.25) is 0 Å². The molecule has 0 N–H and O–H groups in total. The second-order valence-electron chi connectivity index (χ2n) is 11.0. The summed E-state index contributed by atoms with van der Waals surface area (Å²) in [6.45, 7) is 21.1. The molecular formula is C24H34O2. The Balaban J connectivity index is 1.81. The Bertz CT molecular complexity index is 766. The molecule has 5 rings (SSSR count). The minimum atomic E-state index is -0.397. The Morgan fingerprint density at radius 1 is 1.08 bits per heavy atom. The average molecular weight is 355 g/mol. The van der Waals surface area contributed by atoms with E-state index >= 15 is 0 Å². The molecular weight excluding hydrogens is 320 g/mol. The van der Waals surface area contributed by atoms with Crippen LogP contribution in [0.5, 0.6) is 0 Å². The molecule has 0 amide bonds. The van der Waals surface area contributed by atoms with Gasteiger partial charge in [0.1, 0.15) is 5.60 Å². The molecule has 0 aromatic carbocycles. The fraction of sp³-hybridized carbons (Fsp3) is 0.792. The summed E-state index contributed by atoms with van der Waals surface area (Å²) in [6, 6.07) is 0. The summed E-state index contributed by atoms with van der Waals surface area (Å²) in [5, 5.41) is 0. The predicted molar refractivity (Wildman–Crippen MR) is 103 cm³/mol. The highest BCUT2D eigenvalue weighted by atomic mass is 16.6. The van der Waals surface area contributed by atoms with Gasteiger partial charge in [-0.2, -0.15) is 0 Å². The molecule has 4 aliphatic carbocycles. The molecule has 1 spiro atoms. The molecule has 1 saturated heterocycles. The number of carbonyl (C=O) groups is 1. The van der Waals surface area contributed by atoms with Gasteiger partial charge in [0, 0.05) is 11.8 Å². The second-order valence-corrected chi connectivity index (χ2v) is 11.0. The van der Waals surface area contributed by atoms with E-state index in [0.29, 0.717) is 29.6 Å². The van der Waals surface area contributed by atoms with E-state index in [4.69, 9.17) is 4.74 Å². The van der Waals surface area contributed by atoms with Crippen molar-refractivity contribution in [3.63, 3.8) is 0 Å². The predicted octanol–water partition coefficient (Wildman–Crippen LogP) is 5.25. The maximum absolute atomic E-state index is 13.1. The van der Waals surface area contributed by atoms with Gasteiger partial charge in [-0.15, -0.1) is 0 Å². The summed E-state index contributed by atoms with van der Waals surface area (Å²) >= 11 is 0. The summed E-state index contributed by atoms with van der Waals surface area (Å²) in [7, 11) is 0. The highest BCUT2D eigenvalue weighted by Gasteiger charge is 2.83. The van der Waals surface area contributed by atoms with Crippen molar-refractivity contribution in [1.82, 2.24) is 0 Å². The molecule has 142 valence electrons. The van der Waals surface area contributed by atoms with Crippen molar-refractivity contribution in [1.29, 1.82) is 0 Å².